The number of alkyl halides is 2. The molecule has 0 atom stereocenters. The van der Waals surface area contributed by atoms with Crippen molar-refractivity contribution in [3.05, 3.63) is 36.7 Å². The molecule has 3 aromatic heterocycles. The van der Waals surface area contributed by atoms with E-state index in [1.54, 1.807) is 24.4 Å². The first-order chi connectivity index (χ1) is 13.8. The molecular formula is C16H19F2N5O5S. The highest BCUT2D eigenvalue weighted by molar-refractivity contribution is 7.92. The predicted molar refractivity (Wildman–Crippen MR) is 101 cm³/mol. The Kier molecular flexibility index (Phi) is 5.77. The molecule has 13 heteroatoms. The van der Waals surface area contributed by atoms with Gasteiger partial charge in [-0.05, 0) is 18.2 Å². The second-order valence-corrected chi connectivity index (χ2v) is 7.03. The average Bonchev–Trinajstić information content (AvgIpc) is 3.20. The minimum atomic E-state index is -4.12. The van der Waals surface area contributed by atoms with Crippen molar-refractivity contribution in [1.82, 2.24) is 19.9 Å². The van der Waals surface area contributed by atoms with Gasteiger partial charge in [0, 0.05) is 15.2 Å². The minimum absolute atomic E-state index is 0. The summed E-state index contributed by atoms with van der Waals surface area (Å²) in [6.07, 6.45) is 2.83. The van der Waals surface area contributed by atoms with Crippen LogP contribution in [0.3, 0.4) is 0 Å². The molecule has 0 aliphatic rings. The molecule has 0 radical (unpaired) electrons. The number of rotatable bonds is 8. The fourth-order valence-corrected chi connectivity index (χ4v) is 3.24. The molecule has 29 heavy (non-hydrogen) atoms. The molecule has 0 aliphatic carbocycles. The Bertz CT molecular complexity index is 1080. The molecule has 10 nitrogen and oxygen atoms in total. The van der Waals surface area contributed by atoms with Gasteiger partial charge in [-0.15, -0.1) is 0 Å². The highest BCUT2D eigenvalue weighted by atomic mass is 32.2. The molecule has 2 N–H and O–H groups in total. The number of anilines is 1. The van der Waals surface area contributed by atoms with Gasteiger partial charge < -0.3 is 19.2 Å². The molecule has 158 valence electrons. The first-order valence-corrected chi connectivity index (χ1v) is 9.40. The number of pyridine rings is 1. The molecule has 0 saturated heterocycles. The Morgan fingerprint density at radius 1 is 1.17 bits per heavy atom. The van der Waals surface area contributed by atoms with Gasteiger partial charge in [0.2, 0.25) is 11.7 Å². The van der Waals surface area contributed by atoms with Crippen molar-refractivity contribution in [2.45, 2.75) is 11.5 Å². The van der Waals surface area contributed by atoms with E-state index in [1.807, 2.05) is 0 Å². The number of aromatic nitrogens is 4. The fraction of sp³-hybridized carbons (Fsp3) is 0.188. The molecule has 3 heterocycles. The third-order valence-corrected chi connectivity index (χ3v) is 4.84. The van der Waals surface area contributed by atoms with E-state index in [0.29, 0.717) is 11.4 Å². The Morgan fingerprint density at radius 3 is 2.41 bits per heavy atom. The molecule has 0 bridgehead atoms. The second-order valence-electron chi connectivity index (χ2n) is 5.34. The normalized spacial score (nSPS) is 11.3. The van der Waals surface area contributed by atoms with Crippen molar-refractivity contribution in [1.29, 1.82) is 0 Å². The fourth-order valence-electron chi connectivity index (χ4n) is 2.30. The van der Waals surface area contributed by atoms with Crippen LogP contribution in [0.15, 0.2) is 41.6 Å². The smallest absolute Gasteiger partial charge is 0.387 e. The average molecular weight is 431 g/mol. The number of H-pyrrole nitrogens is 1. The van der Waals surface area contributed by atoms with Gasteiger partial charge in [0.05, 0.1) is 25.6 Å². The number of aromatic amines is 1. The van der Waals surface area contributed by atoms with Gasteiger partial charge in [-0.25, -0.2) is 13.1 Å². The molecule has 0 aliphatic heterocycles. The summed E-state index contributed by atoms with van der Waals surface area (Å²) in [7, 11) is -1.84. The summed E-state index contributed by atoms with van der Waals surface area (Å²) in [6.45, 7) is -3.19. The van der Waals surface area contributed by atoms with E-state index < -0.39 is 40.1 Å². The van der Waals surface area contributed by atoms with Crippen LogP contribution in [0.2, 0.25) is 0 Å². The summed E-state index contributed by atoms with van der Waals surface area (Å²) >= 11 is 0. The van der Waals surface area contributed by atoms with E-state index in [-0.39, 0.29) is 7.75 Å². The number of nitrogens with zero attached hydrogens (tertiary/aromatic N) is 3. The molecular weight excluding hydrogens is 412 g/mol. The van der Waals surface area contributed by atoms with Crippen molar-refractivity contribution in [3.8, 4) is 28.9 Å². The van der Waals surface area contributed by atoms with Crippen LogP contribution in [-0.2, 0) is 10.0 Å². The summed E-state index contributed by atoms with van der Waals surface area (Å²) in [5.41, 5.74) is 1.02. The lowest BCUT2D eigenvalue weighted by molar-refractivity contribution is -0.0533. The Hall–Kier alpha value is -3.48. The van der Waals surface area contributed by atoms with Gasteiger partial charge in [-0.3, -0.25) is 4.98 Å². The van der Waals surface area contributed by atoms with Crippen molar-refractivity contribution in [2.24, 2.45) is 0 Å². The lowest BCUT2D eigenvalue weighted by atomic mass is 10.3. The van der Waals surface area contributed by atoms with Gasteiger partial charge in [-0.2, -0.15) is 18.7 Å². The number of nitrogens with one attached hydrogen (secondary N) is 2. The molecule has 0 aromatic carbocycles. The maximum absolute atomic E-state index is 12.6. The summed E-state index contributed by atoms with van der Waals surface area (Å²) in [6, 6.07) is 6.56. The van der Waals surface area contributed by atoms with E-state index >= 15 is 0 Å². The summed E-state index contributed by atoms with van der Waals surface area (Å²) in [5, 5.41) is 0. The predicted octanol–water partition coefficient (Wildman–Crippen LogP) is 2.78. The van der Waals surface area contributed by atoms with E-state index in [1.165, 1.54) is 12.3 Å². The largest absolute Gasteiger partial charge is 0.478 e. The van der Waals surface area contributed by atoms with Gasteiger partial charge >= 0.3 is 6.61 Å². The van der Waals surface area contributed by atoms with Crippen LogP contribution in [0.1, 0.15) is 2.85 Å². The number of sulfonamides is 1. The van der Waals surface area contributed by atoms with Crippen LogP contribution in [-0.4, -0.2) is 49.2 Å². The first-order valence-electron chi connectivity index (χ1n) is 7.91. The Balaban J connectivity index is 0.00000240. The maximum atomic E-state index is 12.6. The summed E-state index contributed by atoms with van der Waals surface area (Å²) < 4.78 is 66.6. The van der Waals surface area contributed by atoms with Crippen LogP contribution in [0.25, 0.3) is 11.4 Å². The van der Waals surface area contributed by atoms with Crippen LogP contribution in [0, 0.1) is 0 Å². The third-order valence-electron chi connectivity index (χ3n) is 3.53. The van der Waals surface area contributed by atoms with Crippen molar-refractivity contribution in [3.63, 3.8) is 0 Å². The molecule has 3 aromatic rings. The molecule has 3 rings (SSSR count). The Morgan fingerprint density at radius 2 is 1.86 bits per heavy atom. The second kappa shape index (κ2) is 8.26. The van der Waals surface area contributed by atoms with Crippen molar-refractivity contribution >= 4 is 16.0 Å². The SMILES string of the molecule is COc1nc(NS(=O)(=O)c2c[nH]c(-c3ccccn3)c2)nc(OC)c1OC(F)F.[HH].[HH]. The first kappa shape index (κ1) is 20.3. The van der Waals surface area contributed by atoms with E-state index in [4.69, 9.17) is 9.47 Å². The highest BCUT2D eigenvalue weighted by Gasteiger charge is 2.24. The molecule has 0 amide bonds. The molecule has 0 fully saturated rings. The zero-order valence-electron chi connectivity index (χ0n) is 15.1. The van der Waals surface area contributed by atoms with Gasteiger partial charge in [0.1, 0.15) is 4.90 Å². The molecule has 0 spiro atoms. The van der Waals surface area contributed by atoms with Gasteiger partial charge in [0.25, 0.3) is 21.8 Å². The zero-order valence-corrected chi connectivity index (χ0v) is 15.9. The summed E-state index contributed by atoms with van der Waals surface area (Å²) in [4.78, 5) is 14.3. The standard InChI is InChI=1S/C16H15F2N5O5S.2H2/c1-26-13-12(28-15(17)18)14(27-2)22-16(21-13)23-29(24,25)9-7-11(20-8-9)10-5-3-4-6-19-10;;/h3-8,15,20H,1-2H3,(H,21,22,23);2*1H. The van der Waals surface area contributed by atoms with E-state index in [0.717, 1.165) is 14.2 Å². The van der Waals surface area contributed by atoms with Gasteiger partial charge in [0.15, 0.2) is 0 Å². The van der Waals surface area contributed by atoms with E-state index in [2.05, 4.69) is 29.4 Å². The van der Waals surface area contributed by atoms with Crippen LogP contribution in [0.5, 0.6) is 17.5 Å². The monoisotopic (exact) mass is 431 g/mol. The van der Waals surface area contributed by atoms with E-state index in [9.17, 15) is 17.2 Å². The number of hydrogen-bond donors (Lipinski definition) is 2. The van der Waals surface area contributed by atoms with Crippen LogP contribution >= 0.6 is 0 Å². The minimum Gasteiger partial charge on any atom is -0.478 e. The number of methoxy groups -OCH3 is 2. The lowest BCUT2D eigenvalue weighted by Crippen LogP contribution is -2.16. The van der Waals surface area contributed by atoms with Crippen LogP contribution < -0.4 is 18.9 Å². The van der Waals surface area contributed by atoms with Crippen LogP contribution in [0.4, 0.5) is 14.7 Å². The topological polar surface area (TPSA) is 128 Å². The number of ether oxygens (including phenoxy) is 3. The zero-order chi connectivity index (χ0) is 21.0. The number of hydrogen-bond acceptors (Lipinski definition) is 8. The van der Waals surface area contributed by atoms with Gasteiger partial charge in [-0.1, -0.05) is 6.07 Å². The van der Waals surface area contributed by atoms with Crippen molar-refractivity contribution in [2.75, 3.05) is 18.9 Å². The van der Waals surface area contributed by atoms with Crippen molar-refractivity contribution < 1.29 is 34.3 Å². The molecule has 0 saturated carbocycles. The highest BCUT2D eigenvalue weighted by Crippen LogP contribution is 2.36. The lowest BCUT2D eigenvalue weighted by Gasteiger charge is -2.13. The number of halogens is 2. The molecule has 0 unspecified atom stereocenters. The Labute approximate surface area is 166 Å². The third kappa shape index (κ3) is 4.51. The summed E-state index contributed by atoms with van der Waals surface area (Å²) in [5.74, 6) is -1.89. The maximum Gasteiger partial charge on any atom is 0.387 e. The quantitative estimate of drug-likeness (QED) is 0.557.